The summed E-state index contributed by atoms with van der Waals surface area (Å²) in [6, 6.07) is 14.0. The van der Waals surface area contributed by atoms with Gasteiger partial charge >= 0.3 is 0 Å². The zero-order chi connectivity index (χ0) is 22.6. The molecule has 1 fully saturated rings. The molecule has 5 atom stereocenters. The quantitative estimate of drug-likeness (QED) is 0.533. The van der Waals surface area contributed by atoms with Gasteiger partial charge in [0.05, 0.1) is 12.7 Å². The van der Waals surface area contributed by atoms with E-state index < -0.39 is 30.2 Å². The van der Waals surface area contributed by atoms with Gasteiger partial charge in [-0.15, -0.1) is 11.3 Å². The van der Waals surface area contributed by atoms with Crippen molar-refractivity contribution in [3.63, 3.8) is 0 Å². The van der Waals surface area contributed by atoms with E-state index in [0.29, 0.717) is 17.0 Å². The van der Waals surface area contributed by atoms with Crippen LogP contribution in [0.4, 0.5) is 4.39 Å². The molecule has 1 aromatic heterocycles. The number of aliphatic hydroxyl groups excluding tert-OH is 3. The lowest BCUT2D eigenvalue weighted by molar-refractivity contribution is -0.362. The van der Waals surface area contributed by atoms with E-state index in [1.165, 1.54) is 12.1 Å². The van der Waals surface area contributed by atoms with Crippen LogP contribution in [0.15, 0.2) is 48.5 Å². The highest BCUT2D eigenvalue weighted by molar-refractivity contribution is 7.15. The van der Waals surface area contributed by atoms with Crippen molar-refractivity contribution in [1.82, 2.24) is 0 Å². The summed E-state index contributed by atoms with van der Waals surface area (Å²) in [6.07, 6.45) is -4.25. The van der Waals surface area contributed by atoms with E-state index in [4.69, 9.17) is 21.1 Å². The Hall–Kier alpha value is -1.84. The second-order valence-electron chi connectivity index (χ2n) is 8.26. The normalized spacial score (nSPS) is 29.4. The summed E-state index contributed by atoms with van der Waals surface area (Å²) in [6.45, 7) is 1.80. The van der Waals surface area contributed by atoms with E-state index in [0.717, 1.165) is 26.4 Å². The molecule has 0 unspecified atom stereocenters. The molecule has 0 amide bonds. The summed E-state index contributed by atoms with van der Waals surface area (Å²) in [5.74, 6) is -1.83. The van der Waals surface area contributed by atoms with Gasteiger partial charge in [0.2, 0.25) is 5.79 Å². The Morgan fingerprint density at radius 3 is 2.59 bits per heavy atom. The molecule has 0 saturated carbocycles. The van der Waals surface area contributed by atoms with Gasteiger partial charge in [0.15, 0.2) is 0 Å². The lowest BCUT2D eigenvalue weighted by Crippen LogP contribution is -2.62. The average molecular weight is 477 g/mol. The van der Waals surface area contributed by atoms with Crippen molar-refractivity contribution >= 4 is 22.9 Å². The summed E-state index contributed by atoms with van der Waals surface area (Å²) in [5.41, 5.74) is 3.14. The second-order valence-corrected chi connectivity index (χ2v) is 9.83. The summed E-state index contributed by atoms with van der Waals surface area (Å²) in [5, 5.41) is 31.7. The Labute approximate surface area is 193 Å². The van der Waals surface area contributed by atoms with Gasteiger partial charge in [-0.1, -0.05) is 23.7 Å². The molecule has 1 saturated heterocycles. The second kappa shape index (κ2) is 8.18. The van der Waals surface area contributed by atoms with Gasteiger partial charge in [0.1, 0.15) is 24.1 Å². The first-order chi connectivity index (χ1) is 15.3. The number of aliphatic hydroxyl groups is 3. The molecule has 2 aliphatic rings. The van der Waals surface area contributed by atoms with Crippen molar-refractivity contribution in [3.05, 3.63) is 80.9 Å². The Kier molecular flexibility index (Phi) is 5.62. The van der Waals surface area contributed by atoms with Gasteiger partial charge in [0, 0.05) is 26.8 Å². The van der Waals surface area contributed by atoms with Crippen LogP contribution in [0.1, 0.15) is 28.5 Å². The van der Waals surface area contributed by atoms with E-state index in [9.17, 15) is 19.7 Å². The minimum Gasteiger partial charge on any atom is -0.388 e. The van der Waals surface area contributed by atoms with Crippen molar-refractivity contribution in [2.45, 2.75) is 50.2 Å². The van der Waals surface area contributed by atoms with Gasteiger partial charge in [-0.2, -0.15) is 0 Å². The lowest BCUT2D eigenvalue weighted by Gasteiger charge is -2.45. The van der Waals surface area contributed by atoms with Crippen LogP contribution in [0.5, 0.6) is 0 Å². The molecular formula is C24H22ClFO5S. The number of ether oxygens (including phenoxy) is 2. The molecule has 0 aliphatic carbocycles. The number of halogens is 2. The fourth-order valence-electron chi connectivity index (χ4n) is 4.38. The number of hydrogen-bond donors (Lipinski definition) is 3. The van der Waals surface area contributed by atoms with Crippen LogP contribution in [-0.4, -0.2) is 39.7 Å². The molecule has 0 bridgehead atoms. The van der Waals surface area contributed by atoms with Crippen LogP contribution in [0.3, 0.4) is 0 Å². The third-order valence-corrected chi connectivity index (χ3v) is 7.64. The molecule has 32 heavy (non-hydrogen) atoms. The van der Waals surface area contributed by atoms with Crippen molar-refractivity contribution < 1.29 is 29.2 Å². The average Bonchev–Trinajstić information content (AvgIpc) is 3.37. The van der Waals surface area contributed by atoms with Gasteiger partial charge in [-0.05, 0) is 60.0 Å². The highest BCUT2D eigenvalue weighted by atomic mass is 35.5. The van der Waals surface area contributed by atoms with Gasteiger partial charge < -0.3 is 24.8 Å². The Bertz CT molecular complexity index is 1150. The predicted octanol–water partition coefficient (Wildman–Crippen LogP) is 3.98. The Balaban J connectivity index is 1.46. The van der Waals surface area contributed by atoms with Gasteiger partial charge in [0.25, 0.3) is 0 Å². The van der Waals surface area contributed by atoms with Crippen LogP contribution >= 0.6 is 22.9 Å². The maximum atomic E-state index is 13.2. The van der Waals surface area contributed by atoms with Crippen molar-refractivity contribution in [2.75, 3.05) is 0 Å². The first kappa shape index (κ1) is 22.0. The molecule has 2 aromatic carbocycles. The van der Waals surface area contributed by atoms with Crippen LogP contribution < -0.4 is 0 Å². The number of rotatable bonds is 3. The molecule has 8 heteroatoms. The fourth-order valence-corrected chi connectivity index (χ4v) is 5.67. The van der Waals surface area contributed by atoms with Crippen LogP contribution in [0.2, 0.25) is 5.02 Å². The molecule has 3 heterocycles. The topological polar surface area (TPSA) is 79.2 Å². The van der Waals surface area contributed by atoms with E-state index in [-0.39, 0.29) is 12.4 Å². The molecule has 3 N–H and O–H groups in total. The molecule has 3 aromatic rings. The monoisotopic (exact) mass is 476 g/mol. The van der Waals surface area contributed by atoms with Crippen LogP contribution in [0, 0.1) is 5.82 Å². The highest BCUT2D eigenvalue weighted by Gasteiger charge is 2.57. The fraction of sp³-hybridized carbons (Fsp3) is 0.333. The van der Waals surface area contributed by atoms with Gasteiger partial charge in [-0.25, -0.2) is 4.39 Å². The zero-order valence-electron chi connectivity index (χ0n) is 17.2. The van der Waals surface area contributed by atoms with E-state index >= 15 is 0 Å². The highest BCUT2D eigenvalue weighted by Crippen LogP contribution is 2.47. The van der Waals surface area contributed by atoms with E-state index in [2.05, 4.69) is 0 Å². The molecular weight excluding hydrogens is 455 g/mol. The standard InChI is InChI=1S/C24H22ClFO5S/c1-12-21(27)22(28)23(29)24(31-12)18-9-14(19(25)10-15(18)11-30-24)8-17-6-7-20(32-17)13-2-4-16(26)5-3-13/h2-7,9-10,12,21-23,27-29H,8,11H2,1H3/t12-,21-,22+,23-,24+/m1/s1. The Morgan fingerprint density at radius 2 is 1.84 bits per heavy atom. The molecule has 2 aliphatic heterocycles. The largest absolute Gasteiger partial charge is 0.388 e. The zero-order valence-corrected chi connectivity index (χ0v) is 18.7. The summed E-state index contributed by atoms with van der Waals surface area (Å²) in [4.78, 5) is 2.09. The smallest absolute Gasteiger partial charge is 0.225 e. The SMILES string of the molecule is C[C@H]1O[C@]2(OCc3cc(Cl)c(Cc4ccc(-c5ccc(F)cc5)s4)cc32)[C@H](O)[C@@H](O)[C@@H]1O. The summed E-state index contributed by atoms with van der Waals surface area (Å²) in [7, 11) is 0. The van der Waals surface area contributed by atoms with E-state index in [1.54, 1.807) is 36.5 Å². The predicted molar refractivity (Wildman–Crippen MR) is 119 cm³/mol. The van der Waals surface area contributed by atoms with Crippen LogP contribution in [-0.2, 0) is 28.3 Å². The molecule has 5 nitrogen and oxygen atoms in total. The maximum absolute atomic E-state index is 13.2. The lowest BCUT2D eigenvalue weighted by atomic mass is 9.87. The van der Waals surface area contributed by atoms with E-state index in [1.807, 2.05) is 18.2 Å². The molecule has 5 rings (SSSR count). The number of hydrogen-bond acceptors (Lipinski definition) is 6. The van der Waals surface area contributed by atoms with Crippen molar-refractivity contribution in [1.29, 1.82) is 0 Å². The number of benzene rings is 2. The maximum Gasteiger partial charge on any atom is 0.225 e. The molecule has 1 spiro atoms. The van der Waals surface area contributed by atoms with Gasteiger partial charge in [-0.3, -0.25) is 0 Å². The minimum absolute atomic E-state index is 0.176. The minimum atomic E-state index is -1.55. The number of fused-ring (bicyclic) bond motifs is 2. The number of thiophene rings is 1. The third kappa shape index (κ3) is 3.58. The first-order valence-electron chi connectivity index (χ1n) is 10.3. The summed E-state index contributed by atoms with van der Waals surface area (Å²) >= 11 is 8.15. The Morgan fingerprint density at radius 1 is 1.09 bits per heavy atom. The molecule has 0 radical (unpaired) electrons. The van der Waals surface area contributed by atoms with Crippen molar-refractivity contribution in [3.8, 4) is 10.4 Å². The van der Waals surface area contributed by atoms with Crippen LogP contribution in [0.25, 0.3) is 10.4 Å². The van der Waals surface area contributed by atoms with Crippen molar-refractivity contribution in [2.24, 2.45) is 0 Å². The summed E-state index contributed by atoms with van der Waals surface area (Å²) < 4.78 is 25.0. The molecule has 168 valence electrons. The third-order valence-electron chi connectivity index (χ3n) is 6.15. The first-order valence-corrected chi connectivity index (χ1v) is 11.5.